The minimum atomic E-state index is -0.302. The van der Waals surface area contributed by atoms with Gasteiger partial charge in [-0.1, -0.05) is 31.6 Å². The zero-order valence-corrected chi connectivity index (χ0v) is 12.3. The molecule has 21 heavy (non-hydrogen) atoms. The number of carbonyl (C=O) groups excluding carboxylic acids is 1. The van der Waals surface area contributed by atoms with Crippen molar-refractivity contribution in [2.24, 2.45) is 0 Å². The Bertz CT molecular complexity index is 697. The second-order valence-electron chi connectivity index (χ2n) is 4.87. The molecule has 0 radical (unpaired) electrons. The molecule has 1 N–H and O–H groups in total. The third kappa shape index (κ3) is 3.24. The Kier molecular flexibility index (Phi) is 4.98. The summed E-state index contributed by atoms with van der Waals surface area (Å²) >= 11 is 0. The fraction of sp³-hybridized carbons (Fsp3) is 0.375. The molecule has 0 aliphatic carbocycles. The van der Waals surface area contributed by atoms with Gasteiger partial charge in [-0.15, -0.1) is 6.58 Å². The van der Waals surface area contributed by atoms with Gasteiger partial charge in [0.2, 0.25) is 5.62 Å². The van der Waals surface area contributed by atoms with Crippen molar-refractivity contribution in [2.75, 3.05) is 6.61 Å². The van der Waals surface area contributed by atoms with Gasteiger partial charge in [-0.2, -0.15) is 0 Å². The Morgan fingerprint density at radius 3 is 2.62 bits per heavy atom. The quantitative estimate of drug-likeness (QED) is 0.483. The van der Waals surface area contributed by atoms with Crippen LogP contribution in [0, 0.1) is 5.41 Å². The Morgan fingerprint density at radius 1 is 1.33 bits per heavy atom. The number of hydrogen-bond donors (Lipinski definition) is 1. The largest absolute Gasteiger partial charge is 0.464 e. The summed E-state index contributed by atoms with van der Waals surface area (Å²) in [6.45, 7) is 6.81. The molecule has 0 atom stereocenters. The highest BCUT2D eigenvalue weighted by atomic mass is 16.5. The molecule has 2 rings (SSSR count). The third-order valence-electron chi connectivity index (χ3n) is 3.33. The number of esters is 1. The van der Waals surface area contributed by atoms with Crippen LogP contribution in [0.4, 0.5) is 0 Å². The van der Waals surface area contributed by atoms with E-state index in [1.165, 1.54) is 0 Å². The molecule has 1 aromatic carbocycles. The first-order valence-corrected chi connectivity index (χ1v) is 7.18. The molecular weight excluding hydrogens is 266 g/mol. The normalized spacial score (nSPS) is 10.7. The van der Waals surface area contributed by atoms with Gasteiger partial charge in [-0.3, -0.25) is 14.8 Å². The molecule has 5 nitrogen and oxygen atoms in total. The van der Waals surface area contributed by atoms with Gasteiger partial charge in [0.05, 0.1) is 17.6 Å². The SMILES string of the molecule is C=CCn1c(=N)n(CC(=O)OCCCC)c2ccccc21. The number of rotatable bonds is 7. The lowest BCUT2D eigenvalue weighted by Gasteiger charge is -2.05. The Labute approximate surface area is 124 Å². The van der Waals surface area contributed by atoms with Crippen molar-refractivity contribution < 1.29 is 9.53 Å². The van der Waals surface area contributed by atoms with Crippen LogP contribution in [0.3, 0.4) is 0 Å². The van der Waals surface area contributed by atoms with Crippen LogP contribution in [0.25, 0.3) is 11.0 Å². The lowest BCUT2D eigenvalue weighted by atomic mass is 10.3. The van der Waals surface area contributed by atoms with E-state index in [4.69, 9.17) is 10.1 Å². The molecule has 0 aliphatic heterocycles. The first-order valence-electron chi connectivity index (χ1n) is 7.18. The van der Waals surface area contributed by atoms with Gasteiger partial charge in [-0.05, 0) is 18.6 Å². The topological polar surface area (TPSA) is 60.0 Å². The van der Waals surface area contributed by atoms with Crippen molar-refractivity contribution in [1.29, 1.82) is 5.41 Å². The second-order valence-corrected chi connectivity index (χ2v) is 4.87. The average Bonchev–Trinajstić information content (AvgIpc) is 2.74. The zero-order chi connectivity index (χ0) is 15.2. The third-order valence-corrected chi connectivity index (χ3v) is 3.33. The molecule has 0 amide bonds. The molecule has 1 aromatic heterocycles. The van der Waals surface area contributed by atoms with Crippen LogP contribution in [0.1, 0.15) is 19.8 Å². The molecule has 0 saturated heterocycles. The number of benzene rings is 1. The summed E-state index contributed by atoms with van der Waals surface area (Å²) in [5.74, 6) is -0.302. The molecule has 0 bridgehead atoms. The lowest BCUT2D eigenvalue weighted by molar-refractivity contribution is -0.144. The molecule has 0 fully saturated rings. The predicted molar refractivity (Wildman–Crippen MR) is 81.8 cm³/mol. The highest BCUT2D eigenvalue weighted by Gasteiger charge is 2.13. The van der Waals surface area contributed by atoms with E-state index in [1.807, 2.05) is 35.8 Å². The average molecular weight is 287 g/mol. The van der Waals surface area contributed by atoms with Crippen LogP contribution in [-0.2, 0) is 22.6 Å². The molecule has 0 spiro atoms. The molecule has 112 valence electrons. The standard InChI is InChI=1S/C16H21N3O2/c1-3-5-11-21-15(20)12-19-14-9-7-6-8-13(14)18(10-4-2)16(19)17/h4,6-9,17H,2-3,5,10-12H2,1H3. The van der Waals surface area contributed by atoms with Crippen molar-refractivity contribution in [1.82, 2.24) is 9.13 Å². The predicted octanol–water partition coefficient (Wildman–Crippen LogP) is 2.45. The van der Waals surface area contributed by atoms with Gasteiger partial charge >= 0.3 is 5.97 Å². The highest BCUT2D eigenvalue weighted by molar-refractivity contribution is 5.78. The van der Waals surface area contributed by atoms with Crippen molar-refractivity contribution >= 4 is 17.0 Å². The van der Waals surface area contributed by atoms with E-state index >= 15 is 0 Å². The number of fused-ring (bicyclic) bond motifs is 1. The van der Waals surface area contributed by atoms with Gasteiger partial charge in [0, 0.05) is 6.54 Å². The van der Waals surface area contributed by atoms with E-state index in [0.717, 1.165) is 23.9 Å². The van der Waals surface area contributed by atoms with Crippen molar-refractivity contribution in [3.8, 4) is 0 Å². The maximum Gasteiger partial charge on any atom is 0.326 e. The van der Waals surface area contributed by atoms with Crippen LogP contribution >= 0.6 is 0 Å². The molecular formula is C16H21N3O2. The summed E-state index contributed by atoms with van der Waals surface area (Å²) in [5.41, 5.74) is 2.06. The number of para-hydroxylation sites is 2. The van der Waals surface area contributed by atoms with Gasteiger partial charge < -0.3 is 9.30 Å². The first kappa shape index (κ1) is 15.1. The molecule has 0 saturated carbocycles. The Morgan fingerprint density at radius 2 is 2.00 bits per heavy atom. The summed E-state index contributed by atoms with van der Waals surface area (Å²) in [7, 11) is 0. The second kappa shape index (κ2) is 6.92. The molecule has 5 heteroatoms. The Balaban J connectivity index is 2.31. The summed E-state index contributed by atoms with van der Waals surface area (Å²) in [4.78, 5) is 11.9. The van der Waals surface area contributed by atoms with Crippen LogP contribution < -0.4 is 5.62 Å². The van der Waals surface area contributed by atoms with E-state index < -0.39 is 0 Å². The Hall–Kier alpha value is -2.30. The minimum Gasteiger partial charge on any atom is -0.464 e. The fourth-order valence-electron chi connectivity index (χ4n) is 2.27. The highest BCUT2D eigenvalue weighted by Crippen LogP contribution is 2.12. The number of hydrogen-bond acceptors (Lipinski definition) is 3. The maximum atomic E-state index is 11.9. The number of carbonyl (C=O) groups is 1. The van der Waals surface area contributed by atoms with Crippen LogP contribution in [0.15, 0.2) is 36.9 Å². The summed E-state index contributed by atoms with van der Waals surface area (Å²) < 4.78 is 8.68. The zero-order valence-electron chi connectivity index (χ0n) is 12.3. The number of allylic oxidation sites excluding steroid dienone is 1. The van der Waals surface area contributed by atoms with Crippen molar-refractivity contribution in [3.05, 3.63) is 42.5 Å². The van der Waals surface area contributed by atoms with Crippen molar-refractivity contribution in [2.45, 2.75) is 32.9 Å². The lowest BCUT2D eigenvalue weighted by Crippen LogP contribution is -2.28. The van der Waals surface area contributed by atoms with Crippen LogP contribution in [0.5, 0.6) is 0 Å². The summed E-state index contributed by atoms with van der Waals surface area (Å²) in [6, 6.07) is 7.67. The maximum absolute atomic E-state index is 11.9. The van der Waals surface area contributed by atoms with E-state index in [-0.39, 0.29) is 18.1 Å². The van der Waals surface area contributed by atoms with Crippen molar-refractivity contribution in [3.63, 3.8) is 0 Å². The molecule has 2 aromatic rings. The molecule has 1 heterocycles. The van der Waals surface area contributed by atoms with E-state index in [0.29, 0.717) is 13.2 Å². The monoisotopic (exact) mass is 287 g/mol. The van der Waals surface area contributed by atoms with Gasteiger partial charge in [0.15, 0.2) is 0 Å². The van der Waals surface area contributed by atoms with E-state index in [9.17, 15) is 4.79 Å². The van der Waals surface area contributed by atoms with Crippen LogP contribution in [-0.4, -0.2) is 21.7 Å². The number of ether oxygens (including phenoxy) is 1. The number of aromatic nitrogens is 2. The first-order chi connectivity index (χ1) is 10.2. The van der Waals surface area contributed by atoms with Gasteiger partial charge in [0.25, 0.3) is 0 Å². The fourth-order valence-corrected chi connectivity index (χ4v) is 2.27. The number of unbranched alkanes of at least 4 members (excludes halogenated alkanes) is 1. The van der Waals surface area contributed by atoms with Gasteiger partial charge in [0.1, 0.15) is 6.54 Å². The van der Waals surface area contributed by atoms with Crippen LogP contribution in [0.2, 0.25) is 0 Å². The summed E-state index contributed by atoms with van der Waals surface area (Å²) in [5, 5.41) is 8.26. The molecule has 0 unspecified atom stereocenters. The summed E-state index contributed by atoms with van der Waals surface area (Å²) in [6.07, 6.45) is 3.60. The smallest absolute Gasteiger partial charge is 0.326 e. The van der Waals surface area contributed by atoms with Gasteiger partial charge in [-0.25, -0.2) is 0 Å². The minimum absolute atomic E-state index is 0.0627. The number of nitrogens with zero attached hydrogens (tertiary/aromatic N) is 2. The number of nitrogens with one attached hydrogen (secondary N) is 1. The number of imidazole rings is 1. The molecule has 0 aliphatic rings. The van der Waals surface area contributed by atoms with E-state index in [2.05, 4.69) is 6.58 Å². The van der Waals surface area contributed by atoms with E-state index in [1.54, 1.807) is 10.6 Å².